The summed E-state index contributed by atoms with van der Waals surface area (Å²) >= 11 is 1.83. The zero-order valence-electron chi connectivity index (χ0n) is 15.6. The third kappa shape index (κ3) is 4.06. The molecule has 142 valence electrons. The highest BCUT2D eigenvalue weighted by atomic mass is 32.2. The number of piperazine rings is 1. The van der Waals surface area contributed by atoms with Crippen molar-refractivity contribution in [3.8, 4) is 5.75 Å². The van der Waals surface area contributed by atoms with Crippen LogP contribution in [0.1, 0.15) is 0 Å². The zero-order chi connectivity index (χ0) is 18.6. The predicted octanol–water partition coefficient (Wildman–Crippen LogP) is 2.96. The minimum atomic E-state index is 0.209. The highest BCUT2D eigenvalue weighted by Crippen LogP contribution is 2.34. The van der Waals surface area contributed by atoms with E-state index in [0.717, 1.165) is 49.9 Å². The maximum Gasteiger partial charge on any atom is 0.241 e. The number of amides is 1. The van der Waals surface area contributed by atoms with Crippen LogP contribution in [-0.4, -0.2) is 62.9 Å². The summed E-state index contributed by atoms with van der Waals surface area (Å²) in [7, 11) is 1.68. The van der Waals surface area contributed by atoms with E-state index < -0.39 is 0 Å². The average molecular weight is 384 g/mol. The summed E-state index contributed by atoms with van der Waals surface area (Å²) in [6.45, 7) is 4.98. The summed E-state index contributed by atoms with van der Waals surface area (Å²) in [6, 6.07) is 16.4. The van der Waals surface area contributed by atoms with Gasteiger partial charge >= 0.3 is 0 Å². The number of thioether (sulfide) groups is 1. The molecule has 0 aromatic heterocycles. The van der Waals surface area contributed by atoms with Gasteiger partial charge in [-0.25, -0.2) is 0 Å². The molecule has 0 bridgehead atoms. The van der Waals surface area contributed by atoms with Gasteiger partial charge in [0, 0.05) is 49.1 Å². The Kier molecular flexibility index (Phi) is 5.55. The first-order valence-electron chi connectivity index (χ1n) is 9.38. The Labute approximate surface area is 164 Å². The van der Waals surface area contributed by atoms with Crippen LogP contribution < -0.4 is 14.5 Å². The SMILES string of the molecule is COc1ccc(N2CCN(CC(=O)N3CCSc4ccccc43)CC2)cc1. The van der Waals surface area contributed by atoms with Gasteiger partial charge in [0.1, 0.15) is 5.75 Å². The fourth-order valence-electron chi connectivity index (χ4n) is 3.66. The monoisotopic (exact) mass is 383 g/mol. The maximum atomic E-state index is 12.9. The quantitative estimate of drug-likeness (QED) is 0.811. The molecule has 1 fully saturated rings. The van der Waals surface area contributed by atoms with Crippen LogP contribution in [-0.2, 0) is 4.79 Å². The number of rotatable bonds is 4. The first-order valence-corrected chi connectivity index (χ1v) is 10.4. The Morgan fingerprint density at radius 2 is 1.74 bits per heavy atom. The van der Waals surface area contributed by atoms with Crippen molar-refractivity contribution in [1.82, 2.24) is 4.90 Å². The fourth-order valence-corrected chi connectivity index (χ4v) is 4.66. The first kappa shape index (κ1) is 18.2. The number of nitrogens with zero attached hydrogens (tertiary/aromatic N) is 3. The van der Waals surface area contributed by atoms with Gasteiger partial charge in [-0.2, -0.15) is 0 Å². The molecule has 2 aliphatic rings. The Hall–Kier alpha value is -2.18. The summed E-state index contributed by atoms with van der Waals surface area (Å²) in [6.07, 6.45) is 0. The molecule has 2 aromatic carbocycles. The number of carbonyl (C=O) groups excluding carboxylic acids is 1. The van der Waals surface area contributed by atoms with Gasteiger partial charge in [0.25, 0.3) is 0 Å². The number of ether oxygens (including phenoxy) is 1. The van der Waals surface area contributed by atoms with Gasteiger partial charge in [-0.15, -0.1) is 11.8 Å². The molecule has 1 amide bonds. The number of hydrogen-bond donors (Lipinski definition) is 0. The normalized spacial score (nSPS) is 17.5. The summed E-state index contributed by atoms with van der Waals surface area (Å²) in [5.41, 5.74) is 2.28. The van der Waals surface area contributed by atoms with Crippen LogP contribution in [0.3, 0.4) is 0 Å². The highest BCUT2D eigenvalue weighted by Gasteiger charge is 2.26. The molecule has 0 atom stereocenters. The third-order valence-electron chi connectivity index (χ3n) is 5.20. The average Bonchev–Trinajstić information content (AvgIpc) is 2.74. The highest BCUT2D eigenvalue weighted by molar-refractivity contribution is 7.99. The fraction of sp³-hybridized carbons (Fsp3) is 0.381. The van der Waals surface area contributed by atoms with E-state index in [-0.39, 0.29) is 5.91 Å². The van der Waals surface area contributed by atoms with Crippen LogP contribution in [0, 0.1) is 0 Å². The van der Waals surface area contributed by atoms with Crippen molar-refractivity contribution in [2.45, 2.75) is 4.90 Å². The molecule has 1 saturated heterocycles. The van der Waals surface area contributed by atoms with Crippen molar-refractivity contribution in [1.29, 1.82) is 0 Å². The van der Waals surface area contributed by atoms with Crippen molar-refractivity contribution in [3.05, 3.63) is 48.5 Å². The third-order valence-corrected chi connectivity index (χ3v) is 6.24. The molecule has 0 saturated carbocycles. The summed E-state index contributed by atoms with van der Waals surface area (Å²) in [4.78, 5) is 20.7. The lowest BCUT2D eigenvalue weighted by atomic mass is 10.2. The Morgan fingerprint density at radius 3 is 2.48 bits per heavy atom. The molecular formula is C21H25N3O2S. The maximum absolute atomic E-state index is 12.9. The molecule has 2 heterocycles. The van der Waals surface area contributed by atoms with Gasteiger partial charge in [-0.05, 0) is 36.4 Å². The summed E-state index contributed by atoms with van der Waals surface area (Å²) in [5, 5.41) is 0. The number of hydrogen-bond acceptors (Lipinski definition) is 5. The Balaban J connectivity index is 1.33. The van der Waals surface area contributed by atoms with Crippen molar-refractivity contribution in [2.24, 2.45) is 0 Å². The second kappa shape index (κ2) is 8.23. The van der Waals surface area contributed by atoms with Gasteiger partial charge in [-0.3, -0.25) is 9.69 Å². The predicted molar refractivity (Wildman–Crippen MR) is 111 cm³/mol. The van der Waals surface area contributed by atoms with Gasteiger partial charge in [-0.1, -0.05) is 12.1 Å². The van der Waals surface area contributed by atoms with E-state index in [2.05, 4.69) is 34.1 Å². The van der Waals surface area contributed by atoms with Gasteiger partial charge in [0.2, 0.25) is 5.91 Å². The molecule has 0 aliphatic carbocycles. The summed E-state index contributed by atoms with van der Waals surface area (Å²) < 4.78 is 5.23. The van der Waals surface area contributed by atoms with Crippen LogP contribution in [0.5, 0.6) is 5.75 Å². The topological polar surface area (TPSA) is 36.0 Å². The van der Waals surface area contributed by atoms with Crippen LogP contribution in [0.2, 0.25) is 0 Å². The number of fused-ring (bicyclic) bond motifs is 1. The van der Waals surface area contributed by atoms with E-state index in [1.807, 2.05) is 40.9 Å². The van der Waals surface area contributed by atoms with E-state index in [0.29, 0.717) is 6.54 Å². The second-order valence-corrected chi connectivity index (χ2v) is 7.96. The molecule has 0 spiro atoms. The molecule has 4 rings (SSSR count). The molecule has 0 N–H and O–H groups in total. The van der Waals surface area contributed by atoms with Gasteiger partial charge in [0.05, 0.1) is 19.3 Å². The zero-order valence-corrected chi connectivity index (χ0v) is 16.5. The van der Waals surface area contributed by atoms with Crippen molar-refractivity contribution in [2.75, 3.05) is 61.9 Å². The van der Waals surface area contributed by atoms with Crippen molar-refractivity contribution in [3.63, 3.8) is 0 Å². The molecule has 2 aliphatic heterocycles. The number of para-hydroxylation sites is 1. The van der Waals surface area contributed by atoms with Crippen LogP contribution in [0.25, 0.3) is 0 Å². The number of methoxy groups -OCH3 is 1. The lowest BCUT2D eigenvalue weighted by Crippen LogP contribution is -2.50. The number of anilines is 2. The number of carbonyl (C=O) groups is 1. The largest absolute Gasteiger partial charge is 0.497 e. The Morgan fingerprint density at radius 1 is 1.00 bits per heavy atom. The van der Waals surface area contributed by atoms with E-state index in [4.69, 9.17) is 4.74 Å². The standard InChI is InChI=1S/C21H25N3O2S/c1-26-18-8-6-17(7-9-18)23-12-10-22(11-13-23)16-21(25)24-14-15-27-20-5-3-2-4-19(20)24/h2-9H,10-16H2,1H3. The lowest BCUT2D eigenvalue weighted by molar-refractivity contribution is -0.119. The molecule has 0 unspecified atom stereocenters. The van der Waals surface area contributed by atoms with Crippen LogP contribution in [0.15, 0.2) is 53.4 Å². The van der Waals surface area contributed by atoms with E-state index >= 15 is 0 Å². The van der Waals surface area contributed by atoms with E-state index in [9.17, 15) is 4.79 Å². The molecule has 27 heavy (non-hydrogen) atoms. The van der Waals surface area contributed by atoms with E-state index in [1.54, 1.807) is 7.11 Å². The molecule has 5 nitrogen and oxygen atoms in total. The molecule has 2 aromatic rings. The molecule has 6 heteroatoms. The van der Waals surface area contributed by atoms with Gasteiger partial charge in [0.15, 0.2) is 0 Å². The van der Waals surface area contributed by atoms with Crippen molar-refractivity contribution < 1.29 is 9.53 Å². The van der Waals surface area contributed by atoms with E-state index in [1.165, 1.54) is 10.6 Å². The molecular weight excluding hydrogens is 358 g/mol. The lowest BCUT2D eigenvalue weighted by Gasteiger charge is -2.37. The minimum absolute atomic E-state index is 0.209. The first-order chi connectivity index (χ1) is 13.2. The van der Waals surface area contributed by atoms with Gasteiger partial charge < -0.3 is 14.5 Å². The molecule has 0 radical (unpaired) electrons. The second-order valence-electron chi connectivity index (χ2n) is 6.82. The minimum Gasteiger partial charge on any atom is -0.497 e. The van der Waals surface area contributed by atoms with Crippen molar-refractivity contribution >= 4 is 29.0 Å². The van der Waals surface area contributed by atoms with Crippen LogP contribution in [0.4, 0.5) is 11.4 Å². The summed E-state index contributed by atoms with van der Waals surface area (Å²) in [5.74, 6) is 2.05. The smallest absolute Gasteiger partial charge is 0.241 e. The van der Waals surface area contributed by atoms with Crippen LogP contribution >= 0.6 is 11.8 Å². The number of benzene rings is 2. The Bertz CT molecular complexity index is 788.